The van der Waals surface area contributed by atoms with E-state index in [0.29, 0.717) is 34.3 Å². The van der Waals surface area contributed by atoms with Gasteiger partial charge in [0.05, 0.1) is 11.4 Å². The van der Waals surface area contributed by atoms with E-state index in [9.17, 15) is 9.18 Å². The lowest BCUT2D eigenvalue weighted by atomic mass is 10.1. The highest BCUT2D eigenvalue weighted by molar-refractivity contribution is 7.14. The highest BCUT2D eigenvalue weighted by Gasteiger charge is 2.20. The van der Waals surface area contributed by atoms with Crippen LogP contribution in [-0.4, -0.2) is 16.0 Å². The number of thiazole rings is 1. The van der Waals surface area contributed by atoms with Gasteiger partial charge in [-0.25, -0.2) is 9.37 Å². The number of aryl methyl sites for hydroxylation is 2. The number of carbonyl (C=O) groups excluding carboxylic acids is 1. The Kier molecular flexibility index (Phi) is 4.20. The van der Waals surface area contributed by atoms with E-state index in [1.807, 2.05) is 12.3 Å². The second-order valence-corrected chi connectivity index (χ2v) is 5.77. The summed E-state index contributed by atoms with van der Waals surface area (Å²) in [7, 11) is 0. The first-order chi connectivity index (χ1) is 11.1. The van der Waals surface area contributed by atoms with E-state index in [1.54, 1.807) is 19.1 Å². The third-order valence-electron chi connectivity index (χ3n) is 3.36. The Morgan fingerprint density at radius 2 is 2.09 bits per heavy atom. The van der Waals surface area contributed by atoms with Gasteiger partial charge in [-0.3, -0.25) is 10.1 Å². The van der Waals surface area contributed by atoms with E-state index in [4.69, 9.17) is 4.52 Å². The molecule has 3 aromatic rings. The molecular weight excluding hydrogens is 317 g/mol. The van der Waals surface area contributed by atoms with Crippen molar-refractivity contribution in [1.29, 1.82) is 0 Å². The molecule has 118 valence electrons. The van der Waals surface area contributed by atoms with Crippen molar-refractivity contribution in [1.82, 2.24) is 10.1 Å². The fourth-order valence-corrected chi connectivity index (χ4v) is 2.91. The third-order valence-corrected chi connectivity index (χ3v) is 4.12. The maximum atomic E-state index is 13.0. The predicted molar refractivity (Wildman–Crippen MR) is 86.1 cm³/mol. The van der Waals surface area contributed by atoms with Crippen molar-refractivity contribution < 1.29 is 13.7 Å². The number of benzene rings is 1. The van der Waals surface area contributed by atoms with Crippen LogP contribution in [0.1, 0.15) is 28.7 Å². The first-order valence-electron chi connectivity index (χ1n) is 7.06. The molecular formula is C16H14FN3O2S. The number of nitrogens with one attached hydrogen (secondary N) is 1. The Hall–Kier alpha value is -2.54. The van der Waals surface area contributed by atoms with Gasteiger partial charge < -0.3 is 4.52 Å². The monoisotopic (exact) mass is 331 g/mol. The molecule has 0 saturated carbocycles. The maximum Gasteiger partial charge on any atom is 0.262 e. The Morgan fingerprint density at radius 1 is 1.35 bits per heavy atom. The van der Waals surface area contributed by atoms with Crippen LogP contribution in [0, 0.1) is 12.7 Å². The summed E-state index contributed by atoms with van der Waals surface area (Å²) < 4.78 is 18.0. The zero-order valence-corrected chi connectivity index (χ0v) is 13.4. The smallest absolute Gasteiger partial charge is 0.262 e. The summed E-state index contributed by atoms with van der Waals surface area (Å²) in [6.45, 7) is 3.61. The van der Waals surface area contributed by atoms with Gasteiger partial charge in [0.1, 0.15) is 17.1 Å². The fraction of sp³-hybridized carbons (Fsp3) is 0.188. The molecule has 0 fully saturated rings. The average Bonchev–Trinajstić information content (AvgIpc) is 3.14. The average molecular weight is 331 g/mol. The molecule has 2 aromatic heterocycles. The molecule has 0 atom stereocenters. The van der Waals surface area contributed by atoms with Gasteiger partial charge in [-0.1, -0.05) is 12.1 Å². The van der Waals surface area contributed by atoms with Crippen LogP contribution in [0.25, 0.3) is 11.3 Å². The summed E-state index contributed by atoms with van der Waals surface area (Å²) in [5.41, 5.74) is 2.54. The molecule has 5 nitrogen and oxygen atoms in total. The molecule has 2 heterocycles. The zero-order valence-electron chi connectivity index (χ0n) is 12.6. The van der Waals surface area contributed by atoms with Crippen molar-refractivity contribution in [3.63, 3.8) is 0 Å². The number of hydrogen-bond acceptors (Lipinski definition) is 5. The molecule has 0 aliphatic carbocycles. The number of amides is 1. The molecule has 0 spiro atoms. The van der Waals surface area contributed by atoms with Gasteiger partial charge in [0.25, 0.3) is 5.91 Å². The Balaban J connectivity index is 1.80. The highest BCUT2D eigenvalue weighted by atomic mass is 32.1. The lowest BCUT2D eigenvalue weighted by Crippen LogP contribution is -2.14. The Morgan fingerprint density at radius 3 is 2.78 bits per heavy atom. The van der Waals surface area contributed by atoms with E-state index < -0.39 is 0 Å². The highest BCUT2D eigenvalue weighted by Crippen LogP contribution is 2.26. The van der Waals surface area contributed by atoms with Crippen LogP contribution < -0.4 is 5.32 Å². The van der Waals surface area contributed by atoms with Crippen LogP contribution in [0.2, 0.25) is 0 Å². The van der Waals surface area contributed by atoms with Crippen LogP contribution in [-0.2, 0) is 6.42 Å². The standard InChI is InChI=1S/C16H14FN3O2S/c1-3-12-14(9(2)22-20-12)15(21)19-16-18-13(8-23-16)10-4-6-11(17)7-5-10/h4-8H,3H2,1-2H3,(H,18,19,21). The minimum atomic E-state index is -0.299. The van der Waals surface area contributed by atoms with E-state index in [-0.39, 0.29) is 11.7 Å². The molecule has 0 radical (unpaired) electrons. The number of hydrogen-bond donors (Lipinski definition) is 1. The quantitative estimate of drug-likeness (QED) is 0.783. The number of nitrogens with zero attached hydrogens (tertiary/aromatic N) is 2. The van der Waals surface area contributed by atoms with E-state index in [1.165, 1.54) is 23.5 Å². The van der Waals surface area contributed by atoms with Crippen molar-refractivity contribution in [3.8, 4) is 11.3 Å². The normalized spacial score (nSPS) is 10.7. The van der Waals surface area contributed by atoms with Crippen LogP contribution in [0.4, 0.5) is 9.52 Å². The second-order valence-electron chi connectivity index (χ2n) is 4.91. The second kappa shape index (κ2) is 6.29. The van der Waals surface area contributed by atoms with Crippen LogP contribution >= 0.6 is 11.3 Å². The molecule has 0 aliphatic heterocycles. The predicted octanol–water partition coefficient (Wildman–Crippen LogP) is 4.06. The van der Waals surface area contributed by atoms with Crippen LogP contribution in [0.3, 0.4) is 0 Å². The number of rotatable bonds is 4. The van der Waals surface area contributed by atoms with Gasteiger partial charge in [0, 0.05) is 10.9 Å². The first-order valence-corrected chi connectivity index (χ1v) is 7.94. The molecule has 7 heteroatoms. The van der Waals surface area contributed by atoms with Crippen molar-refractivity contribution in [2.75, 3.05) is 5.32 Å². The van der Waals surface area contributed by atoms with Gasteiger partial charge in [-0.05, 0) is 37.6 Å². The number of halogens is 1. The molecule has 3 rings (SSSR count). The molecule has 1 amide bonds. The van der Waals surface area contributed by atoms with Crippen LogP contribution in [0.5, 0.6) is 0 Å². The molecule has 0 saturated heterocycles. The third kappa shape index (κ3) is 3.14. The zero-order chi connectivity index (χ0) is 16.4. The summed E-state index contributed by atoms with van der Waals surface area (Å²) in [5, 5.41) is 8.90. The van der Waals surface area contributed by atoms with Gasteiger partial charge in [0.2, 0.25) is 0 Å². The maximum absolute atomic E-state index is 13.0. The summed E-state index contributed by atoms with van der Waals surface area (Å²) >= 11 is 1.31. The lowest BCUT2D eigenvalue weighted by Gasteiger charge is -2.01. The fourth-order valence-electron chi connectivity index (χ4n) is 2.19. The summed E-state index contributed by atoms with van der Waals surface area (Å²) in [5.74, 6) is -0.109. The van der Waals surface area contributed by atoms with E-state index in [0.717, 1.165) is 5.56 Å². The number of anilines is 1. The van der Waals surface area contributed by atoms with Gasteiger partial charge in [-0.2, -0.15) is 0 Å². The molecule has 1 N–H and O–H groups in total. The molecule has 0 aliphatic rings. The van der Waals surface area contributed by atoms with Crippen molar-refractivity contribution >= 4 is 22.4 Å². The van der Waals surface area contributed by atoms with Gasteiger partial charge >= 0.3 is 0 Å². The minimum Gasteiger partial charge on any atom is -0.361 e. The largest absolute Gasteiger partial charge is 0.361 e. The molecule has 1 aromatic carbocycles. The summed E-state index contributed by atoms with van der Waals surface area (Å²) in [4.78, 5) is 16.7. The Labute approximate surface area is 136 Å². The SMILES string of the molecule is CCc1noc(C)c1C(=O)Nc1nc(-c2ccc(F)cc2)cs1. The van der Waals surface area contributed by atoms with Crippen molar-refractivity contribution in [3.05, 3.63) is 52.5 Å². The van der Waals surface area contributed by atoms with E-state index in [2.05, 4.69) is 15.5 Å². The topological polar surface area (TPSA) is 68.0 Å². The summed E-state index contributed by atoms with van der Waals surface area (Å²) in [6.07, 6.45) is 0.610. The van der Waals surface area contributed by atoms with E-state index >= 15 is 0 Å². The number of carbonyl (C=O) groups is 1. The lowest BCUT2D eigenvalue weighted by molar-refractivity contribution is 0.102. The molecule has 23 heavy (non-hydrogen) atoms. The molecule has 0 unspecified atom stereocenters. The minimum absolute atomic E-state index is 0.291. The van der Waals surface area contributed by atoms with Gasteiger partial charge in [0.15, 0.2) is 5.13 Å². The van der Waals surface area contributed by atoms with Crippen molar-refractivity contribution in [2.24, 2.45) is 0 Å². The summed E-state index contributed by atoms with van der Waals surface area (Å²) in [6, 6.07) is 6.05. The van der Waals surface area contributed by atoms with Crippen molar-refractivity contribution in [2.45, 2.75) is 20.3 Å². The van der Waals surface area contributed by atoms with Crippen LogP contribution in [0.15, 0.2) is 34.2 Å². The number of aromatic nitrogens is 2. The van der Waals surface area contributed by atoms with Gasteiger partial charge in [-0.15, -0.1) is 11.3 Å². The first kappa shape index (κ1) is 15.4. The Bertz CT molecular complexity index is 839. The molecule has 0 bridgehead atoms.